The van der Waals surface area contributed by atoms with Crippen LogP contribution in [0, 0.1) is 5.82 Å². The van der Waals surface area contributed by atoms with Gasteiger partial charge < -0.3 is 15.2 Å². The van der Waals surface area contributed by atoms with E-state index in [1.165, 1.54) is 43.0 Å². The molecule has 0 aliphatic carbocycles. The van der Waals surface area contributed by atoms with Crippen LogP contribution in [0.5, 0.6) is 0 Å². The molecule has 146 valence electrons. The van der Waals surface area contributed by atoms with Gasteiger partial charge in [0.25, 0.3) is 0 Å². The Morgan fingerprint density at radius 2 is 1.93 bits per heavy atom. The average molecular weight is 405 g/mol. The standard InChI is InChI=1S/C16H16FN7O3S/c1-3-24-15(13-14(18-9(2)25)23-27-22-13)20-21-16(24)28-8-12(26)19-11-6-4-10(17)5-7-11/h4-7H,3,8H2,1-2H3,(H,19,26)(H,18,23,25). The quantitative estimate of drug-likeness (QED) is 0.573. The van der Waals surface area contributed by atoms with Crippen LogP contribution in [0.25, 0.3) is 11.5 Å². The summed E-state index contributed by atoms with van der Waals surface area (Å²) in [6.07, 6.45) is 0. The molecule has 0 saturated heterocycles. The molecule has 2 amide bonds. The highest BCUT2D eigenvalue weighted by Crippen LogP contribution is 2.27. The molecular formula is C16H16FN7O3S. The van der Waals surface area contributed by atoms with Crippen LogP contribution in [0.4, 0.5) is 15.9 Å². The molecule has 2 aromatic heterocycles. The normalized spacial score (nSPS) is 10.7. The molecule has 12 heteroatoms. The van der Waals surface area contributed by atoms with Gasteiger partial charge in [0.2, 0.25) is 17.6 Å². The lowest BCUT2D eigenvalue weighted by Gasteiger charge is -2.07. The second kappa shape index (κ2) is 8.61. The van der Waals surface area contributed by atoms with Gasteiger partial charge in [0, 0.05) is 19.2 Å². The molecule has 28 heavy (non-hydrogen) atoms. The smallest absolute Gasteiger partial charge is 0.234 e. The molecule has 0 bridgehead atoms. The number of amides is 2. The Balaban J connectivity index is 1.70. The third kappa shape index (κ3) is 4.52. The monoisotopic (exact) mass is 405 g/mol. The lowest BCUT2D eigenvalue weighted by atomic mass is 10.3. The van der Waals surface area contributed by atoms with Crippen molar-refractivity contribution in [3.8, 4) is 11.5 Å². The fourth-order valence-electron chi connectivity index (χ4n) is 2.30. The first-order valence-corrected chi connectivity index (χ1v) is 9.18. The number of anilines is 2. The van der Waals surface area contributed by atoms with Gasteiger partial charge in [-0.3, -0.25) is 9.59 Å². The fourth-order valence-corrected chi connectivity index (χ4v) is 3.10. The van der Waals surface area contributed by atoms with Crippen molar-refractivity contribution in [3.63, 3.8) is 0 Å². The number of hydrogen-bond donors (Lipinski definition) is 2. The minimum absolute atomic E-state index is 0.0745. The minimum Gasteiger partial charge on any atom is -0.325 e. The lowest BCUT2D eigenvalue weighted by molar-refractivity contribution is -0.114. The molecule has 0 radical (unpaired) electrons. The van der Waals surface area contributed by atoms with Crippen LogP contribution in [-0.4, -0.2) is 42.6 Å². The van der Waals surface area contributed by atoms with Gasteiger partial charge in [0.05, 0.1) is 5.75 Å². The zero-order valence-electron chi connectivity index (χ0n) is 15.0. The fraction of sp³-hybridized carbons (Fsp3) is 0.250. The summed E-state index contributed by atoms with van der Waals surface area (Å²) < 4.78 is 19.3. The maximum Gasteiger partial charge on any atom is 0.234 e. The molecule has 0 atom stereocenters. The molecule has 0 unspecified atom stereocenters. The van der Waals surface area contributed by atoms with E-state index in [1.807, 2.05) is 6.92 Å². The Hall–Kier alpha value is -3.28. The van der Waals surface area contributed by atoms with Crippen molar-refractivity contribution >= 4 is 35.1 Å². The maximum atomic E-state index is 12.9. The Morgan fingerprint density at radius 1 is 1.18 bits per heavy atom. The number of thioether (sulfide) groups is 1. The number of hydrogen-bond acceptors (Lipinski definition) is 8. The van der Waals surface area contributed by atoms with E-state index in [0.29, 0.717) is 23.2 Å². The van der Waals surface area contributed by atoms with Crippen LogP contribution >= 0.6 is 11.8 Å². The summed E-state index contributed by atoms with van der Waals surface area (Å²) in [7, 11) is 0. The number of carbonyl (C=O) groups is 2. The predicted octanol–water partition coefficient (Wildman–Crippen LogP) is 2.18. The van der Waals surface area contributed by atoms with Crippen molar-refractivity contribution in [1.29, 1.82) is 0 Å². The van der Waals surface area contributed by atoms with Gasteiger partial charge in [-0.05, 0) is 41.5 Å². The summed E-state index contributed by atoms with van der Waals surface area (Å²) in [4.78, 5) is 23.4. The largest absolute Gasteiger partial charge is 0.325 e. The summed E-state index contributed by atoms with van der Waals surface area (Å²) in [5.74, 6) is -0.408. The van der Waals surface area contributed by atoms with E-state index in [0.717, 1.165) is 0 Å². The number of aromatic nitrogens is 5. The van der Waals surface area contributed by atoms with Crippen LogP contribution < -0.4 is 10.6 Å². The van der Waals surface area contributed by atoms with Crippen LogP contribution in [0.2, 0.25) is 0 Å². The van der Waals surface area contributed by atoms with E-state index in [9.17, 15) is 14.0 Å². The van der Waals surface area contributed by atoms with Gasteiger partial charge in [0.1, 0.15) is 5.82 Å². The molecule has 0 fully saturated rings. The lowest BCUT2D eigenvalue weighted by Crippen LogP contribution is -2.14. The topological polar surface area (TPSA) is 128 Å². The first-order valence-electron chi connectivity index (χ1n) is 8.20. The van der Waals surface area contributed by atoms with Crippen molar-refractivity contribution in [2.45, 2.75) is 25.5 Å². The molecule has 0 aliphatic rings. The van der Waals surface area contributed by atoms with Crippen LogP contribution in [0.3, 0.4) is 0 Å². The molecule has 0 saturated carbocycles. The molecule has 3 rings (SSSR count). The van der Waals surface area contributed by atoms with Crippen LogP contribution in [-0.2, 0) is 16.1 Å². The van der Waals surface area contributed by atoms with Crippen molar-refractivity contribution < 1.29 is 18.6 Å². The molecule has 0 spiro atoms. The number of nitrogens with one attached hydrogen (secondary N) is 2. The summed E-state index contributed by atoms with van der Waals surface area (Å²) in [6, 6.07) is 5.49. The van der Waals surface area contributed by atoms with E-state index < -0.39 is 0 Å². The number of carbonyl (C=O) groups excluding carboxylic acids is 2. The molecule has 10 nitrogen and oxygen atoms in total. The summed E-state index contributed by atoms with van der Waals surface area (Å²) >= 11 is 1.18. The Labute approximate surface area is 162 Å². The van der Waals surface area contributed by atoms with Crippen molar-refractivity contribution in [3.05, 3.63) is 30.1 Å². The zero-order valence-corrected chi connectivity index (χ0v) is 15.8. The average Bonchev–Trinajstić information content (AvgIpc) is 3.27. The number of halogens is 1. The highest BCUT2D eigenvalue weighted by Gasteiger charge is 2.22. The highest BCUT2D eigenvalue weighted by atomic mass is 32.2. The van der Waals surface area contributed by atoms with Gasteiger partial charge in [-0.1, -0.05) is 11.8 Å². The van der Waals surface area contributed by atoms with Crippen molar-refractivity contribution in [2.24, 2.45) is 0 Å². The van der Waals surface area contributed by atoms with Gasteiger partial charge in [0.15, 0.2) is 16.7 Å². The van der Waals surface area contributed by atoms with Crippen LogP contribution in [0.15, 0.2) is 34.1 Å². The molecular weight excluding hydrogens is 389 g/mol. The third-order valence-electron chi connectivity index (χ3n) is 3.49. The third-order valence-corrected chi connectivity index (χ3v) is 4.45. The first-order chi connectivity index (χ1) is 13.5. The van der Waals surface area contributed by atoms with Crippen LogP contribution in [0.1, 0.15) is 13.8 Å². The summed E-state index contributed by atoms with van der Waals surface area (Å²) in [5, 5.41) is 21.2. The molecule has 3 aromatic rings. The highest BCUT2D eigenvalue weighted by molar-refractivity contribution is 7.99. The predicted molar refractivity (Wildman–Crippen MR) is 99.0 cm³/mol. The van der Waals surface area contributed by atoms with E-state index in [2.05, 4.69) is 35.8 Å². The number of benzene rings is 1. The Morgan fingerprint density at radius 3 is 2.61 bits per heavy atom. The Kier molecular flexibility index (Phi) is 5.99. The van der Waals surface area contributed by atoms with Gasteiger partial charge in [-0.15, -0.1) is 10.2 Å². The van der Waals surface area contributed by atoms with E-state index in [1.54, 1.807) is 4.57 Å². The van der Waals surface area contributed by atoms with E-state index in [4.69, 9.17) is 0 Å². The molecule has 2 N–H and O–H groups in total. The Bertz CT molecular complexity index is 987. The summed E-state index contributed by atoms with van der Waals surface area (Å²) in [6.45, 7) is 3.71. The minimum atomic E-state index is -0.378. The molecule has 2 heterocycles. The summed E-state index contributed by atoms with van der Waals surface area (Å²) in [5.41, 5.74) is 0.741. The first kappa shape index (κ1) is 19.5. The van der Waals surface area contributed by atoms with Gasteiger partial charge >= 0.3 is 0 Å². The number of rotatable bonds is 7. The van der Waals surface area contributed by atoms with E-state index in [-0.39, 0.29) is 34.9 Å². The second-order valence-corrected chi connectivity index (χ2v) is 6.48. The van der Waals surface area contributed by atoms with Crippen molar-refractivity contribution in [1.82, 2.24) is 25.1 Å². The maximum absolute atomic E-state index is 12.9. The van der Waals surface area contributed by atoms with Gasteiger partial charge in [-0.2, -0.15) is 0 Å². The van der Waals surface area contributed by atoms with Crippen molar-refractivity contribution in [2.75, 3.05) is 16.4 Å². The van der Waals surface area contributed by atoms with Gasteiger partial charge in [-0.25, -0.2) is 9.02 Å². The molecule has 0 aliphatic heterocycles. The van der Waals surface area contributed by atoms with E-state index >= 15 is 0 Å². The SMILES string of the molecule is CCn1c(SCC(=O)Nc2ccc(F)cc2)nnc1-c1nonc1NC(C)=O. The zero-order chi connectivity index (χ0) is 20.1. The second-order valence-electron chi connectivity index (χ2n) is 5.54. The molecule has 1 aromatic carbocycles. The number of nitrogens with zero attached hydrogens (tertiary/aromatic N) is 5.